The fraction of sp³-hybridized carbons (Fsp3) is 1.00. The van der Waals surface area contributed by atoms with Crippen LogP contribution >= 0.6 is 0 Å². The van der Waals surface area contributed by atoms with Crippen molar-refractivity contribution in [1.82, 2.24) is 4.31 Å². The van der Waals surface area contributed by atoms with E-state index in [2.05, 4.69) is 0 Å². The topological polar surface area (TPSA) is 63.4 Å². The minimum atomic E-state index is -3.04. The Bertz CT molecular complexity index is 213. The van der Waals surface area contributed by atoms with Crippen LogP contribution in [0, 0.1) is 0 Å². The molecule has 5 heteroatoms. The molecule has 0 saturated heterocycles. The van der Waals surface area contributed by atoms with Crippen LogP contribution in [0.2, 0.25) is 0 Å². The molecule has 0 aliphatic rings. The molecule has 0 rings (SSSR count). The van der Waals surface area contributed by atoms with Crippen LogP contribution in [0.25, 0.3) is 0 Å². The molecule has 0 heterocycles. The molecule has 2 N–H and O–H groups in total. The minimum absolute atomic E-state index is 0.0000463. The van der Waals surface area contributed by atoms with Crippen molar-refractivity contribution in [3.05, 3.63) is 0 Å². The normalized spacial score (nSPS) is 15.1. The van der Waals surface area contributed by atoms with Crippen molar-refractivity contribution in [2.24, 2.45) is 5.73 Å². The van der Waals surface area contributed by atoms with Gasteiger partial charge in [0.05, 0.1) is 5.75 Å². The average Bonchev–Trinajstić information content (AvgIpc) is 2.03. The lowest BCUT2D eigenvalue weighted by atomic mass is 10.2. The Hall–Kier alpha value is -0.130. The van der Waals surface area contributed by atoms with E-state index in [0.29, 0.717) is 13.0 Å². The van der Waals surface area contributed by atoms with Crippen molar-refractivity contribution >= 4 is 10.0 Å². The lowest BCUT2D eigenvalue weighted by Crippen LogP contribution is -2.37. The van der Waals surface area contributed by atoms with Crippen LogP contribution in [0.5, 0.6) is 0 Å². The van der Waals surface area contributed by atoms with E-state index in [0.717, 1.165) is 0 Å². The van der Waals surface area contributed by atoms with E-state index in [1.54, 1.807) is 14.0 Å². The molecule has 0 fully saturated rings. The zero-order valence-electron chi connectivity index (χ0n) is 7.95. The van der Waals surface area contributed by atoms with Crippen molar-refractivity contribution in [3.63, 3.8) is 0 Å². The van der Waals surface area contributed by atoms with Crippen molar-refractivity contribution in [1.29, 1.82) is 0 Å². The summed E-state index contributed by atoms with van der Waals surface area (Å²) in [6, 6.07) is -0.0000463. The Balaban J connectivity index is 4.28. The summed E-state index contributed by atoms with van der Waals surface area (Å²) >= 11 is 0. The molecule has 4 nitrogen and oxygen atoms in total. The molecule has 1 unspecified atom stereocenters. The van der Waals surface area contributed by atoms with Crippen LogP contribution in [0.1, 0.15) is 20.3 Å². The van der Waals surface area contributed by atoms with Crippen LogP contribution in [0.15, 0.2) is 0 Å². The number of nitrogens with zero attached hydrogens (tertiary/aromatic N) is 1. The zero-order chi connectivity index (χ0) is 9.78. The van der Waals surface area contributed by atoms with E-state index in [-0.39, 0.29) is 11.8 Å². The third-order valence-electron chi connectivity index (χ3n) is 2.01. The molecule has 0 aromatic heterocycles. The summed E-state index contributed by atoms with van der Waals surface area (Å²) in [5, 5.41) is 0. The third-order valence-corrected chi connectivity index (χ3v) is 3.98. The van der Waals surface area contributed by atoms with E-state index in [1.165, 1.54) is 4.31 Å². The van der Waals surface area contributed by atoms with Gasteiger partial charge < -0.3 is 5.73 Å². The lowest BCUT2D eigenvalue weighted by Gasteiger charge is -2.22. The van der Waals surface area contributed by atoms with Gasteiger partial charge in [0, 0.05) is 13.1 Å². The second kappa shape index (κ2) is 4.79. The van der Waals surface area contributed by atoms with Crippen LogP contribution in [0.3, 0.4) is 0 Å². The largest absolute Gasteiger partial charge is 0.330 e. The minimum Gasteiger partial charge on any atom is -0.330 e. The van der Waals surface area contributed by atoms with Gasteiger partial charge in [-0.05, 0) is 26.8 Å². The molecule has 0 aliphatic heterocycles. The van der Waals surface area contributed by atoms with Gasteiger partial charge in [0.1, 0.15) is 0 Å². The Morgan fingerprint density at radius 3 is 2.33 bits per heavy atom. The lowest BCUT2D eigenvalue weighted by molar-refractivity contribution is 0.375. The van der Waals surface area contributed by atoms with E-state index in [1.807, 2.05) is 6.92 Å². The van der Waals surface area contributed by atoms with Crippen LogP contribution in [0.4, 0.5) is 0 Å². The first kappa shape index (κ1) is 11.9. The average molecular weight is 194 g/mol. The summed E-state index contributed by atoms with van der Waals surface area (Å²) in [6.07, 6.45) is 0.704. The van der Waals surface area contributed by atoms with Gasteiger partial charge >= 0.3 is 0 Å². The number of rotatable bonds is 5. The Labute approximate surface area is 74.8 Å². The summed E-state index contributed by atoms with van der Waals surface area (Å²) in [4.78, 5) is 0. The SMILES string of the molecule is CCS(=O)(=O)N(C)C(C)CCN. The van der Waals surface area contributed by atoms with Crippen LogP contribution in [-0.4, -0.2) is 38.1 Å². The molecular formula is C7H18N2O2S. The predicted octanol–water partition coefficient (Wildman–Crippen LogP) is 0.00520. The Morgan fingerprint density at radius 2 is 2.00 bits per heavy atom. The van der Waals surface area contributed by atoms with Gasteiger partial charge in [-0.2, -0.15) is 0 Å². The molecule has 74 valence electrons. The highest BCUT2D eigenvalue weighted by Crippen LogP contribution is 2.06. The monoisotopic (exact) mass is 194 g/mol. The first-order chi connectivity index (χ1) is 5.45. The third kappa shape index (κ3) is 3.08. The summed E-state index contributed by atoms with van der Waals surface area (Å²) < 4.78 is 24.0. The summed E-state index contributed by atoms with van der Waals surface area (Å²) in [6.45, 7) is 4.02. The fourth-order valence-electron chi connectivity index (χ4n) is 0.901. The molecule has 0 spiro atoms. The van der Waals surface area contributed by atoms with Crippen LogP contribution < -0.4 is 5.73 Å². The standard InChI is InChI=1S/C7H18N2O2S/c1-4-12(10,11)9(3)7(2)5-6-8/h7H,4-6,8H2,1-3H3. The number of nitrogens with two attached hydrogens (primary N) is 1. The molecule has 0 aromatic rings. The molecule has 1 atom stereocenters. The molecular weight excluding hydrogens is 176 g/mol. The number of hydrogen-bond acceptors (Lipinski definition) is 3. The predicted molar refractivity (Wildman–Crippen MR) is 50.4 cm³/mol. The van der Waals surface area contributed by atoms with Gasteiger partial charge in [0.2, 0.25) is 10.0 Å². The Kier molecular flexibility index (Phi) is 4.74. The number of hydrogen-bond donors (Lipinski definition) is 1. The molecule has 0 bridgehead atoms. The molecule has 0 aromatic carbocycles. The summed E-state index contributed by atoms with van der Waals surface area (Å²) in [5.74, 6) is 0.151. The van der Waals surface area contributed by atoms with Crippen molar-refractivity contribution in [2.45, 2.75) is 26.3 Å². The molecule has 0 radical (unpaired) electrons. The van der Waals surface area contributed by atoms with E-state index in [9.17, 15) is 8.42 Å². The quantitative estimate of drug-likeness (QED) is 0.670. The number of sulfonamides is 1. The molecule has 0 amide bonds. The second-order valence-electron chi connectivity index (χ2n) is 2.84. The second-order valence-corrected chi connectivity index (χ2v) is 5.16. The fourth-order valence-corrected chi connectivity index (χ4v) is 1.96. The van der Waals surface area contributed by atoms with Gasteiger partial charge in [0.15, 0.2) is 0 Å². The van der Waals surface area contributed by atoms with Gasteiger partial charge in [0.25, 0.3) is 0 Å². The summed E-state index contributed by atoms with van der Waals surface area (Å²) in [7, 11) is -1.45. The summed E-state index contributed by atoms with van der Waals surface area (Å²) in [5.41, 5.74) is 5.33. The smallest absolute Gasteiger partial charge is 0.213 e. The Morgan fingerprint density at radius 1 is 1.50 bits per heavy atom. The van der Waals surface area contributed by atoms with Crippen molar-refractivity contribution < 1.29 is 8.42 Å². The molecule has 0 saturated carbocycles. The first-order valence-electron chi connectivity index (χ1n) is 4.11. The van der Waals surface area contributed by atoms with Crippen LogP contribution in [-0.2, 0) is 10.0 Å². The van der Waals surface area contributed by atoms with Gasteiger partial charge in [-0.15, -0.1) is 0 Å². The highest BCUT2D eigenvalue weighted by atomic mass is 32.2. The maximum Gasteiger partial charge on any atom is 0.213 e. The zero-order valence-corrected chi connectivity index (χ0v) is 8.76. The van der Waals surface area contributed by atoms with E-state index < -0.39 is 10.0 Å². The van der Waals surface area contributed by atoms with Gasteiger partial charge in [-0.3, -0.25) is 0 Å². The van der Waals surface area contributed by atoms with E-state index >= 15 is 0 Å². The van der Waals surface area contributed by atoms with Gasteiger partial charge in [-0.25, -0.2) is 12.7 Å². The van der Waals surface area contributed by atoms with Gasteiger partial charge in [-0.1, -0.05) is 0 Å². The van der Waals surface area contributed by atoms with Crippen molar-refractivity contribution in [3.8, 4) is 0 Å². The molecule has 12 heavy (non-hydrogen) atoms. The first-order valence-corrected chi connectivity index (χ1v) is 5.72. The van der Waals surface area contributed by atoms with Crippen molar-refractivity contribution in [2.75, 3.05) is 19.3 Å². The highest BCUT2D eigenvalue weighted by Gasteiger charge is 2.19. The highest BCUT2D eigenvalue weighted by molar-refractivity contribution is 7.89. The van der Waals surface area contributed by atoms with E-state index in [4.69, 9.17) is 5.73 Å². The maximum absolute atomic E-state index is 11.3. The maximum atomic E-state index is 11.3. The molecule has 0 aliphatic carbocycles.